The summed E-state index contributed by atoms with van der Waals surface area (Å²) in [6, 6.07) is 4.85. The first-order valence-electron chi connectivity index (χ1n) is 4.21. The summed E-state index contributed by atoms with van der Waals surface area (Å²) in [5, 5.41) is 8.66. The van der Waals surface area contributed by atoms with Crippen LogP contribution in [0.5, 0.6) is 0 Å². The number of hydrogen-bond acceptors (Lipinski definition) is 2. The third-order valence-corrected chi connectivity index (χ3v) is 3.50. The SMILES string of the molecule is CCCSc1cc(Br)c(C#N)cc1F. The minimum Gasteiger partial charge on any atom is -0.206 e. The molecule has 0 saturated heterocycles. The normalized spacial score (nSPS) is 9.86. The standard InChI is InChI=1S/C10H9BrFNS/c1-2-3-14-10-5-8(11)7(6-13)4-9(10)12/h4-5H,2-3H2,1H3. The quantitative estimate of drug-likeness (QED) is 0.779. The van der Waals surface area contributed by atoms with Gasteiger partial charge in [0.1, 0.15) is 11.9 Å². The lowest BCUT2D eigenvalue weighted by Gasteiger charge is -2.03. The molecule has 0 amide bonds. The summed E-state index contributed by atoms with van der Waals surface area (Å²) >= 11 is 4.70. The van der Waals surface area contributed by atoms with Crippen LogP contribution in [0.1, 0.15) is 18.9 Å². The van der Waals surface area contributed by atoms with E-state index in [-0.39, 0.29) is 5.82 Å². The van der Waals surface area contributed by atoms with Crippen molar-refractivity contribution < 1.29 is 4.39 Å². The number of hydrogen-bond donors (Lipinski definition) is 0. The molecule has 0 aliphatic carbocycles. The van der Waals surface area contributed by atoms with Gasteiger partial charge in [0.15, 0.2) is 0 Å². The molecule has 1 aromatic carbocycles. The zero-order valence-corrected chi connectivity index (χ0v) is 10.1. The summed E-state index contributed by atoms with van der Waals surface area (Å²) in [4.78, 5) is 0.595. The van der Waals surface area contributed by atoms with Crippen molar-refractivity contribution in [1.29, 1.82) is 5.26 Å². The van der Waals surface area contributed by atoms with E-state index in [0.29, 0.717) is 14.9 Å². The number of benzene rings is 1. The Morgan fingerprint density at radius 3 is 2.86 bits per heavy atom. The fourth-order valence-electron chi connectivity index (χ4n) is 0.937. The number of nitriles is 1. The van der Waals surface area contributed by atoms with Crippen LogP contribution in [0.4, 0.5) is 4.39 Å². The van der Waals surface area contributed by atoms with Crippen molar-refractivity contribution in [3.8, 4) is 6.07 Å². The molecule has 1 rings (SSSR count). The lowest BCUT2D eigenvalue weighted by molar-refractivity contribution is 0.601. The first kappa shape index (κ1) is 11.5. The van der Waals surface area contributed by atoms with Crippen LogP contribution in [0.15, 0.2) is 21.5 Å². The topological polar surface area (TPSA) is 23.8 Å². The molecule has 0 N–H and O–H groups in total. The Morgan fingerprint density at radius 1 is 1.57 bits per heavy atom. The number of halogens is 2. The molecule has 4 heteroatoms. The second-order valence-corrected chi connectivity index (χ2v) is 4.71. The van der Waals surface area contributed by atoms with Gasteiger partial charge in [-0.2, -0.15) is 5.26 Å². The van der Waals surface area contributed by atoms with Crippen LogP contribution >= 0.6 is 27.7 Å². The molecule has 0 atom stereocenters. The van der Waals surface area contributed by atoms with E-state index >= 15 is 0 Å². The van der Waals surface area contributed by atoms with Gasteiger partial charge >= 0.3 is 0 Å². The van der Waals surface area contributed by atoms with Crippen LogP contribution in [-0.2, 0) is 0 Å². The number of thioether (sulfide) groups is 1. The van der Waals surface area contributed by atoms with Gasteiger partial charge in [0.2, 0.25) is 0 Å². The average Bonchev–Trinajstić information content (AvgIpc) is 2.18. The van der Waals surface area contributed by atoms with E-state index in [9.17, 15) is 4.39 Å². The van der Waals surface area contributed by atoms with Crippen molar-refractivity contribution in [3.63, 3.8) is 0 Å². The first-order valence-corrected chi connectivity index (χ1v) is 5.98. The Balaban J connectivity index is 2.98. The smallest absolute Gasteiger partial charge is 0.138 e. The summed E-state index contributed by atoms with van der Waals surface area (Å²) < 4.78 is 14.0. The van der Waals surface area contributed by atoms with E-state index in [0.717, 1.165) is 12.2 Å². The highest BCUT2D eigenvalue weighted by Crippen LogP contribution is 2.28. The molecule has 0 bridgehead atoms. The molecule has 14 heavy (non-hydrogen) atoms. The summed E-state index contributed by atoms with van der Waals surface area (Å²) in [5.41, 5.74) is 0.336. The molecule has 0 fully saturated rings. The molecule has 0 aliphatic rings. The predicted octanol–water partition coefficient (Wildman–Crippen LogP) is 3.96. The van der Waals surface area contributed by atoms with Gasteiger partial charge in [0, 0.05) is 9.37 Å². The monoisotopic (exact) mass is 273 g/mol. The number of rotatable bonds is 3. The summed E-state index contributed by atoms with van der Waals surface area (Å²) in [5.74, 6) is 0.568. The molecule has 1 aromatic rings. The molecule has 0 saturated carbocycles. The Labute approximate surface area is 95.4 Å². The second kappa shape index (κ2) is 5.38. The Kier molecular flexibility index (Phi) is 4.43. The summed E-state index contributed by atoms with van der Waals surface area (Å²) in [7, 11) is 0. The van der Waals surface area contributed by atoms with Crippen LogP contribution in [0.3, 0.4) is 0 Å². The molecular formula is C10H9BrFNS. The first-order chi connectivity index (χ1) is 6.69. The van der Waals surface area contributed by atoms with Gasteiger partial charge in [-0.3, -0.25) is 0 Å². The van der Waals surface area contributed by atoms with Gasteiger partial charge in [0.05, 0.1) is 5.56 Å². The highest BCUT2D eigenvalue weighted by molar-refractivity contribution is 9.10. The minimum atomic E-state index is -0.316. The second-order valence-electron chi connectivity index (χ2n) is 2.72. The van der Waals surface area contributed by atoms with Crippen LogP contribution < -0.4 is 0 Å². The third-order valence-electron chi connectivity index (χ3n) is 1.60. The predicted molar refractivity (Wildman–Crippen MR) is 59.8 cm³/mol. The third kappa shape index (κ3) is 2.73. The molecule has 0 radical (unpaired) electrons. The molecular weight excluding hydrogens is 265 g/mol. The van der Waals surface area contributed by atoms with Crippen molar-refractivity contribution in [1.82, 2.24) is 0 Å². The lowest BCUT2D eigenvalue weighted by atomic mass is 10.2. The number of nitrogens with zero attached hydrogens (tertiary/aromatic N) is 1. The van der Waals surface area contributed by atoms with E-state index in [2.05, 4.69) is 15.9 Å². The highest BCUT2D eigenvalue weighted by atomic mass is 79.9. The van der Waals surface area contributed by atoms with Gasteiger partial charge in [-0.15, -0.1) is 11.8 Å². The fraction of sp³-hybridized carbons (Fsp3) is 0.300. The van der Waals surface area contributed by atoms with E-state index < -0.39 is 0 Å². The van der Waals surface area contributed by atoms with E-state index in [1.165, 1.54) is 17.8 Å². The van der Waals surface area contributed by atoms with E-state index in [1.54, 1.807) is 6.07 Å². The summed E-state index contributed by atoms with van der Waals surface area (Å²) in [6.45, 7) is 2.05. The van der Waals surface area contributed by atoms with E-state index in [4.69, 9.17) is 5.26 Å². The molecule has 0 heterocycles. The van der Waals surface area contributed by atoms with Crippen LogP contribution in [-0.4, -0.2) is 5.75 Å². The van der Waals surface area contributed by atoms with Crippen molar-refractivity contribution in [2.75, 3.05) is 5.75 Å². The summed E-state index contributed by atoms with van der Waals surface area (Å²) in [6.07, 6.45) is 1.00. The maximum Gasteiger partial charge on any atom is 0.138 e. The van der Waals surface area contributed by atoms with Crippen molar-refractivity contribution in [2.45, 2.75) is 18.2 Å². The Bertz CT molecular complexity index is 373. The maximum atomic E-state index is 13.3. The Hall–Kier alpha value is -0.530. The minimum absolute atomic E-state index is 0.316. The van der Waals surface area contributed by atoms with E-state index in [1.807, 2.05) is 13.0 Å². The molecule has 1 nitrogen and oxygen atoms in total. The van der Waals surface area contributed by atoms with Crippen LogP contribution in [0.2, 0.25) is 0 Å². The van der Waals surface area contributed by atoms with Crippen molar-refractivity contribution >= 4 is 27.7 Å². The van der Waals surface area contributed by atoms with Gasteiger partial charge in [-0.05, 0) is 40.2 Å². The van der Waals surface area contributed by atoms with Crippen molar-refractivity contribution in [2.24, 2.45) is 0 Å². The Morgan fingerprint density at radius 2 is 2.29 bits per heavy atom. The molecule has 74 valence electrons. The van der Waals surface area contributed by atoms with Crippen LogP contribution in [0.25, 0.3) is 0 Å². The highest BCUT2D eigenvalue weighted by Gasteiger charge is 2.07. The fourth-order valence-corrected chi connectivity index (χ4v) is 2.34. The van der Waals surface area contributed by atoms with Gasteiger partial charge in [-0.25, -0.2) is 4.39 Å². The lowest BCUT2D eigenvalue weighted by Crippen LogP contribution is -1.87. The zero-order chi connectivity index (χ0) is 10.6. The largest absolute Gasteiger partial charge is 0.206 e. The van der Waals surface area contributed by atoms with Gasteiger partial charge < -0.3 is 0 Å². The zero-order valence-electron chi connectivity index (χ0n) is 7.68. The molecule has 0 aromatic heterocycles. The maximum absolute atomic E-state index is 13.3. The molecule has 0 spiro atoms. The van der Waals surface area contributed by atoms with Gasteiger partial charge in [-0.1, -0.05) is 6.92 Å². The molecule has 0 aliphatic heterocycles. The molecule has 0 unspecified atom stereocenters. The van der Waals surface area contributed by atoms with Crippen LogP contribution in [0, 0.1) is 17.1 Å². The van der Waals surface area contributed by atoms with Gasteiger partial charge in [0.25, 0.3) is 0 Å². The average molecular weight is 274 g/mol. The van der Waals surface area contributed by atoms with Crippen molar-refractivity contribution in [3.05, 3.63) is 28.0 Å².